The first-order valence-corrected chi connectivity index (χ1v) is 4.18. The maximum atomic E-state index is 11.1. The average molecular weight is 195 g/mol. The Labute approximate surface area is 80.7 Å². The van der Waals surface area contributed by atoms with Crippen LogP contribution in [-0.2, 0) is 11.2 Å². The van der Waals surface area contributed by atoms with Gasteiger partial charge in [-0.05, 0) is 0 Å². The van der Waals surface area contributed by atoms with Gasteiger partial charge in [-0.3, -0.25) is 14.9 Å². The summed E-state index contributed by atoms with van der Waals surface area (Å²) in [4.78, 5) is 21.2. The zero-order valence-corrected chi connectivity index (χ0v) is 7.60. The van der Waals surface area contributed by atoms with Gasteiger partial charge in [-0.25, -0.2) is 0 Å². The molecule has 0 aliphatic carbocycles. The van der Waals surface area contributed by atoms with Gasteiger partial charge in [0.1, 0.15) is 6.54 Å². The van der Waals surface area contributed by atoms with E-state index < -0.39 is 4.92 Å². The molecule has 0 aliphatic rings. The number of quaternary nitrogens is 1. The van der Waals surface area contributed by atoms with Crippen molar-refractivity contribution in [2.45, 2.75) is 6.42 Å². The number of hydrogen-bond acceptors (Lipinski definition) is 3. The number of carbonyl (C=O) groups excluding carboxylic acids is 1. The molecule has 14 heavy (non-hydrogen) atoms. The fourth-order valence-electron chi connectivity index (χ4n) is 1.14. The van der Waals surface area contributed by atoms with E-state index in [1.165, 1.54) is 6.07 Å². The second-order valence-electron chi connectivity index (χ2n) is 2.85. The molecule has 1 aromatic rings. The number of carbonyl (C=O) groups is 1. The van der Waals surface area contributed by atoms with Crippen LogP contribution in [0.1, 0.15) is 5.56 Å². The van der Waals surface area contributed by atoms with E-state index in [4.69, 9.17) is 0 Å². The Morgan fingerprint density at radius 1 is 1.43 bits per heavy atom. The van der Waals surface area contributed by atoms with Gasteiger partial charge in [0, 0.05) is 18.1 Å². The summed E-state index contributed by atoms with van der Waals surface area (Å²) in [5, 5.41) is 10.6. The summed E-state index contributed by atoms with van der Waals surface area (Å²) in [6.07, 6.45) is 0.0840. The molecule has 0 fully saturated rings. The summed E-state index contributed by atoms with van der Waals surface area (Å²) in [5.74, 6) is -0.0979. The van der Waals surface area contributed by atoms with Crippen molar-refractivity contribution in [1.82, 2.24) is 0 Å². The van der Waals surface area contributed by atoms with Crippen molar-refractivity contribution in [2.75, 3.05) is 6.54 Å². The number of ketones is 1. The van der Waals surface area contributed by atoms with Crippen LogP contribution in [-0.4, -0.2) is 17.3 Å². The van der Waals surface area contributed by atoms with Crippen LogP contribution in [0.25, 0.3) is 0 Å². The molecular formula is C9H11N2O3+. The molecule has 0 saturated carbocycles. The Morgan fingerprint density at radius 3 is 2.64 bits per heavy atom. The summed E-state index contributed by atoms with van der Waals surface area (Å²) in [6, 6.07) is 6.24. The molecule has 0 aromatic heterocycles. The fraction of sp³-hybridized carbons (Fsp3) is 0.222. The second kappa shape index (κ2) is 4.48. The van der Waals surface area contributed by atoms with E-state index in [1.54, 1.807) is 18.2 Å². The van der Waals surface area contributed by atoms with Crippen LogP contribution in [0.15, 0.2) is 24.3 Å². The van der Waals surface area contributed by atoms with E-state index in [-0.39, 0.29) is 24.4 Å². The summed E-state index contributed by atoms with van der Waals surface area (Å²) < 4.78 is 0. The van der Waals surface area contributed by atoms with Gasteiger partial charge >= 0.3 is 0 Å². The van der Waals surface area contributed by atoms with Crippen LogP contribution in [0, 0.1) is 10.1 Å². The Bertz CT molecular complexity index is 363. The van der Waals surface area contributed by atoms with Crippen molar-refractivity contribution in [3.05, 3.63) is 39.9 Å². The van der Waals surface area contributed by atoms with E-state index in [0.717, 1.165) is 0 Å². The highest BCUT2D eigenvalue weighted by atomic mass is 16.6. The monoisotopic (exact) mass is 195 g/mol. The number of nitro groups is 1. The molecule has 0 bridgehead atoms. The summed E-state index contributed by atoms with van der Waals surface area (Å²) in [5.41, 5.74) is 3.88. The Hall–Kier alpha value is -1.75. The first kappa shape index (κ1) is 10.3. The summed E-state index contributed by atoms with van der Waals surface area (Å²) >= 11 is 0. The molecule has 74 valence electrons. The zero-order valence-electron chi connectivity index (χ0n) is 7.60. The quantitative estimate of drug-likeness (QED) is 0.539. The minimum Gasteiger partial charge on any atom is -0.351 e. The normalized spacial score (nSPS) is 9.79. The molecule has 5 heteroatoms. The minimum absolute atomic E-state index is 0.00528. The number of rotatable bonds is 4. The topological polar surface area (TPSA) is 87.8 Å². The number of benzene rings is 1. The van der Waals surface area contributed by atoms with Crippen molar-refractivity contribution in [3.8, 4) is 0 Å². The minimum atomic E-state index is -0.480. The zero-order chi connectivity index (χ0) is 10.6. The number of nitro benzene ring substituents is 1. The van der Waals surface area contributed by atoms with Gasteiger partial charge < -0.3 is 5.73 Å². The van der Waals surface area contributed by atoms with Crippen molar-refractivity contribution in [1.29, 1.82) is 0 Å². The third kappa shape index (κ3) is 2.37. The largest absolute Gasteiger partial charge is 0.351 e. The number of para-hydroxylation sites is 1. The highest BCUT2D eigenvalue weighted by molar-refractivity contribution is 5.82. The molecule has 0 radical (unpaired) electrons. The average Bonchev–Trinajstić information content (AvgIpc) is 2.18. The maximum absolute atomic E-state index is 11.1. The molecule has 0 amide bonds. The second-order valence-corrected chi connectivity index (χ2v) is 2.85. The van der Waals surface area contributed by atoms with Crippen molar-refractivity contribution >= 4 is 11.5 Å². The molecule has 5 nitrogen and oxygen atoms in total. The van der Waals surface area contributed by atoms with Crippen LogP contribution in [0.4, 0.5) is 5.69 Å². The molecule has 0 atom stereocenters. The predicted molar refractivity (Wildman–Crippen MR) is 49.6 cm³/mol. The molecule has 3 N–H and O–H groups in total. The van der Waals surface area contributed by atoms with E-state index >= 15 is 0 Å². The van der Waals surface area contributed by atoms with Gasteiger partial charge in [-0.1, -0.05) is 18.2 Å². The van der Waals surface area contributed by atoms with Gasteiger partial charge in [0.05, 0.1) is 4.92 Å². The molecule has 1 aromatic carbocycles. The van der Waals surface area contributed by atoms with E-state index in [1.807, 2.05) is 0 Å². The van der Waals surface area contributed by atoms with E-state index in [2.05, 4.69) is 5.73 Å². The molecule has 0 spiro atoms. The first-order valence-electron chi connectivity index (χ1n) is 4.18. The third-order valence-corrected chi connectivity index (χ3v) is 1.85. The molecule has 0 aliphatic heterocycles. The van der Waals surface area contributed by atoms with Crippen molar-refractivity contribution in [3.63, 3.8) is 0 Å². The van der Waals surface area contributed by atoms with Crippen LogP contribution < -0.4 is 5.73 Å². The van der Waals surface area contributed by atoms with Gasteiger partial charge in [0.2, 0.25) is 0 Å². The van der Waals surface area contributed by atoms with E-state index in [0.29, 0.717) is 5.56 Å². The maximum Gasteiger partial charge on any atom is 0.273 e. The lowest BCUT2D eigenvalue weighted by Gasteiger charge is -1.99. The SMILES string of the molecule is [NH3+]CC(=O)Cc1ccccc1[N+](=O)[O-]. The van der Waals surface area contributed by atoms with Crippen molar-refractivity contribution < 1.29 is 15.5 Å². The lowest BCUT2D eigenvalue weighted by Crippen LogP contribution is -2.54. The Kier molecular flexibility index (Phi) is 3.30. The Morgan fingerprint density at radius 2 is 2.07 bits per heavy atom. The molecule has 0 unspecified atom stereocenters. The van der Waals surface area contributed by atoms with Crippen LogP contribution in [0.3, 0.4) is 0 Å². The number of hydrogen-bond donors (Lipinski definition) is 1. The number of Topliss-reactive ketones (excluding diaryl/α,β-unsaturated/α-hetero) is 1. The lowest BCUT2D eigenvalue weighted by molar-refractivity contribution is -0.385. The Balaban J connectivity index is 2.95. The standard InChI is InChI=1S/C9H10N2O3/c10-6-8(12)5-7-3-1-2-4-9(7)11(13)14/h1-4H,5-6,10H2/p+1. The summed E-state index contributed by atoms with van der Waals surface area (Å²) in [7, 11) is 0. The third-order valence-electron chi connectivity index (χ3n) is 1.85. The summed E-state index contributed by atoms with van der Waals surface area (Å²) in [6.45, 7) is 0.159. The van der Waals surface area contributed by atoms with Gasteiger partial charge in [-0.15, -0.1) is 0 Å². The van der Waals surface area contributed by atoms with E-state index in [9.17, 15) is 14.9 Å². The highest BCUT2D eigenvalue weighted by Gasteiger charge is 2.14. The molecule has 0 heterocycles. The smallest absolute Gasteiger partial charge is 0.273 e. The van der Waals surface area contributed by atoms with Gasteiger partial charge in [0.15, 0.2) is 5.78 Å². The van der Waals surface area contributed by atoms with Gasteiger partial charge in [0.25, 0.3) is 5.69 Å². The first-order chi connectivity index (χ1) is 6.65. The van der Waals surface area contributed by atoms with Crippen LogP contribution >= 0.6 is 0 Å². The molecule has 0 saturated heterocycles. The molecule has 1 rings (SSSR count). The number of nitrogens with zero attached hydrogens (tertiary/aromatic N) is 1. The van der Waals surface area contributed by atoms with Crippen molar-refractivity contribution in [2.24, 2.45) is 0 Å². The van der Waals surface area contributed by atoms with Crippen LogP contribution in [0.5, 0.6) is 0 Å². The van der Waals surface area contributed by atoms with Gasteiger partial charge in [-0.2, -0.15) is 0 Å². The predicted octanol–water partition coefficient (Wildman–Crippen LogP) is -0.0517. The fourth-order valence-corrected chi connectivity index (χ4v) is 1.14. The lowest BCUT2D eigenvalue weighted by atomic mass is 10.1. The highest BCUT2D eigenvalue weighted by Crippen LogP contribution is 2.17. The molecular weight excluding hydrogens is 184 g/mol. The van der Waals surface area contributed by atoms with Crippen LogP contribution in [0.2, 0.25) is 0 Å².